The van der Waals surface area contributed by atoms with E-state index in [1.165, 1.54) is 5.56 Å². The van der Waals surface area contributed by atoms with Crippen LogP contribution in [0.1, 0.15) is 15.9 Å². The second-order valence-corrected chi connectivity index (χ2v) is 4.99. The Hall–Kier alpha value is -1.39. The van der Waals surface area contributed by atoms with Gasteiger partial charge in [0.25, 0.3) is 5.91 Å². The van der Waals surface area contributed by atoms with Crippen LogP contribution >= 0.6 is 0 Å². The van der Waals surface area contributed by atoms with Crippen molar-refractivity contribution in [2.24, 2.45) is 0 Å². The zero-order chi connectivity index (χ0) is 13.0. The lowest BCUT2D eigenvalue weighted by Crippen LogP contribution is -2.53. The van der Waals surface area contributed by atoms with Crippen molar-refractivity contribution < 1.29 is 4.79 Å². The average molecular weight is 247 g/mol. The summed E-state index contributed by atoms with van der Waals surface area (Å²) in [6.45, 7) is 5.73. The molecule has 2 rings (SSSR count). The summed E-state index contributed by atoms with van der Waals surface area (Å²) >= 11 is 0. The molecular weight excluding hydrogens is 226 g/mol. The Kier molecular flexibility index (Phi) is 4.33. The van der Waals surface area contributed by atoms with Crippen LogP contribution in [-0.2, 0) is 0 Å². The van der Waals surface area contributed by atoms with E-state index < -0.39 is 0 Å². The number of carbonyl (C=O) groups excluding carboxylic acids is 1. The number of rotatable bonds is 3. The second-order valence-electron chi connectivity index (χ2n) is 4.99. The second kappa shape index (κ2) is 5.98. The van der Waals surface area contributed by atoms with Gasteiger partial charge in [-0.05, 0) is 26.1 Å². The maximum absolute atomic E-state index is 11.9. The van der Waals surface area contributed by atoms with Crippen molar-refractivity contribution in [3.05, 3.63) is 35.4 Å². The molecule has 1 heterocycles. The molecule has 1 aliphatic rings. The first-order valence-electron chi connectivity index (χ1n) is 6.42. The number of piperazine rings is 1. The van der Waals surface area contributed by atoms with E-state index in [2.05, 4.69) is 22.6 Å². The topological polar surface area (TPSA) is 44.4 Å². The number of benzene rings is 1. The quantitative estimate of drug-likeness (QED) is 0.823. The van der Waals surface area contributed by atoms with E-state index in [9.17, 15) is 4.79 Å². The minimum Gasteiger partial charge on any atom is -0.350 e. The van der Waals surface area contributed by atoms with Crippen molar-refractivity contribution in [1.29, 1.82) is 0 Å². The van der Waals surface area contributed by atoms with Crippen molar-refractivity contribution in [1.82, 2.24) is 15.5 Å². The lowest BCUT2D eigenvalue weighted by molar-refractivity contribution is 0.0944. The third-order valence-electron chi connectivity index (χ3n) is 3.28. The number of hydrogen-bond acceptors (Lipinski definition) is 3. The summed E-state index contributed by atoms with van der Waals surface area (Å²) in [6, 6.07) is 8.00. The lowest BCUT2D eigenvalue weighted by Gasteiger charge is -2.30. The van der Waals surface area contributed by atoms with Crippen LogP contribution in [0, 0.1) is 6.92 Å². The fraction of sp³-hybridized carbons (Fsp3) is 0.500. The van der Waals surface area contributed by atoms with E-state index in [0.29, 0.717) is 12.6 Å². The Morgan fingerprint density at radius 2 is 2.17 bits per heavy atom. The largest absolute Gasteiger partial charge is 0.350 e. The van der Waals surface area contributed by atoms with Crippen molar-refractivity contribution in [2.45, 2.75) is 13.0 Å². The highest BCUT2D eigenvalue weighted by Gasteiger charge is 2.17. The highest BCUT2D eigenvalue weighted by molar-refractivity contribution is 5.94. The van der Waals surface area contributed by atoms with Crippen LogP contribution < -0.4 is 10.6 Å². The number of hydrogen-bond donors (Lipinski definition) is 2. The van der Waals surface area contributed by atoms with Gasteiger partial charge in [0.05, 0.1) is 0 Å². The lowest BCUT2D eigenvalue weighted by atomic mass is 10.1. The Labute approximate surface area is 108 Å². The molecule has 1 amide bonds. The number of likely N-dealkylation sites (N-methyl/N-ethyl adjacent to an activating group) is 1. The highest BCUT2D eigenvalue weighted by atomic mass is 16.1. The van der Waals surface area contributed by atoms with Gasteiger partial charge in [0.2, 0.25) is 0 Å². The molecule has 1 unspecified atom stereocenters. The SMILES string of the molecule is Cc1ccc(C(=O)NCC2CN(C)CCN2)cc1. The van der Waals surface area contributed by atoms with E-state index >= 15 is 0 Å². The maximum Gasteiger partial charge on any atom is 0.251 e. The van der Waals surface area contributed by atoms with Crippen LogP contribution in [0.25, 0.3) is 0 Å². The minimum absolute atomic E-state index is 0.00465. The fourth-order valence-electron chi connectivity index (χ4n) is 2.15. The Morgan fingerprint density at radius 1 is 1.44 bits per heavy atom. The van der Waals surface area contributed by atoms with Crippen LogP contribution in [0.4, 0.5) is 0 Å². The molecule has 0 radical (unpaired) electrons. The third kappa shape index (κ3) is 3.55. The van der Waals surface area contributed by atoms with E-state index in [4.69, 9.17) is 0 Å². The fourth-order valence-corrected chi connectivity index (χ4v) is 2.15. The minimum atomic E-state index is 0.00465. The normalized spacial score (nSPS) is 20.7. The van der Waals surface area contributed by atoms with Gasteiger partial charge in [0.1, 0.15) is 0 Å². The van der Waals surface area contributed by atoms with Crippen molar-refractivity contribution in [3.63, 3.8) is 0 Å². The maximum atomic E-state index is 11.9. The summed E-state index contributed by atoms with van der Waals surface area (Å²) in [4.78, 5) is 14.2. The van der Waals surface area contributed by atoms with Gasteiger partial charge in [-0.25, -0.2) is 0 Å². The Morgan fingerprint density at radius 3 is 2.83 bits per heavy atom. The first-order chi connectivity index (χ1) is 8.65. The highest BCUT2D eigenvalue weighted by Crippen LogP contribution is 2.03. The van der Waals surface area contributed by atoms with E-state index in [1.807, 2.05) is 31.2 Å². The molecule has 0 bridgehead atoms. The van der Waals surface area contributed by atoms with Gasteiger partial charge in [-0.15, -0.1) is 0 Å². The Balaban J connectivity index is 1.82. The monoisotopic (exact) mass is 247 g/mol. The van der Waals surface area contributed by atoms with Crippen LogP contribution in [0.2, 0.25) is 0 Å². The van der Waals surface area contributed by atoms with Crippen LogP contribution in [-0.4, -0.2) is 50.1 Å². The molecule has 1 aliphatic heterocycles. The van der Waals surface area contributed by atoms with Gasteiger partial charge in [0.15, 0.2) is 0 Å². The summed E-state index contributed by atoms with van der Waals surface area (Å²) in [5.74, 6) is 0.00465. The van der Waals surface area contributed by atoms with Gasteiger partial charge in [-0.2, -0.15) is 0 Å². The summed E-state index contributed by atoms with van der Waals surface area (Å²) in [7, 11) is 2.11. The number of aryl methyl sites for hydroxylation is 1. The number of amides is 1. The van der Waals surface area contributed by atoms with Gasteiger partial charge >= 0.3 is 0 Å². The van der Waals surface area contributed by atoms with Crippen molar-refractivity contribution in [2.75, 3.05) is 33.2 Å². The van der Waals surface area contributed by atoms with E-state index in [-0.39, 0.29) is 5.91 Å². The first-order valence-corrected chi connectivity index (χ1v) is 6.42. The first kappa shape index (κ1) is 13.1. The predicted octanol–water partition coefficient (Wildman–Crippen LogP) is 0.628. The summed E-state index contributed by atoms with van der Waals surface area (Å²) < 4.78 is 0. The smallest absolute Gasteiger partial charge is 0.251 e. The van der Waals surface area contributed by atoms with Gasteiger partial charge in [0, 0.05) is 37.8 Å². The summed E-state index contributed by atoms with van der Waals surface area (Å²) in [5, 5.41) is 6.39. The predicted molar refractivity (Wildman–Crippen MR) is 72.8 cm³/mol. The number of carbonyl (C=O) groups is 1. The molecule has 1 saturated heterocycles. The summed E-state index contributed by atoms with van der Waals surface area (Å²) in [6.07, 6.45) is 0. The van der Waals surface area contributed by atoms with Crippen molar-refractivity contribution in [3.8, 4) is 0 Å². The molecule has 1 atom stereocenters. The summed E-state index contributed by atoms with van der Waals surface area (Å²) in [5.41, 5.74) is 1.90. The number of nitrogens with zero attached hydrogens (tertiary/aromatic N) is 1. The molecule has 18 heavy (non-hydrogen) atoms. The molecule has 1 aromatic rings. The third-order valence-corrected chi connectivity index (χ3v) is 3.28. The average Bonchev–Trinajstić information content (AvgIpc) is 2.37. The van der Waals surface area contributed by atoms with Gasteiger partial charge in [-0.1, -0.05) is 17.7 Å². The molecule has 4 heteroatoms. The molecule has 4 nitrogen and oxygen atoms in total. The number of nitrogens with one attached hydrogen (secondary N) is 2. The molecule has 0 aliphatic carbocycles. The Bertz CT molecular complexity index is 402. The van der Waals surface area contributed by atoms with Crippen molar-refractivity contribution >= 4 is 5.91 Å². The zero-order valence-electron chi connectivity index (χ0n) is 11.1. The molecule has 0 saturated carbocycles. The molecular formula is C14H21N3O. The van der Waals surface area contributed by atoms with Gasteiger partial charge < -0.3 is 15.5 Å². The van der Waals surface area contributed by atoms with E-state index in [0.717, 1.165) is 25.2 Å². The molecule has 98 valence electrons. The van der Waals surface area contributed by atoms with Crippen LogP contribution in [0.5, 0.6) is 0 Å². The van der Waals surface area contributed by atoms with Crippen LogP contribution in [0.15, 0.2) is 24.3 Å². The zero-order valence-corrected chi connectivity index (χ0v) is 11.1. The molecule has 0 spiro atoms. The molecule has 0 aromatic heterocycles. The van der Waals surface area contributed by atoms with E-state index in [1.54, 1.807) is 0 Å². The van der Waals surface area contributed by atoms with Gasteiger partial charge in [-0.3, -0.25) is 4.79 Å². The molecule has 1 fully saturated rings. The molecule has 1 aromatic carbocycles. The van der Waals surface area contributed by atoms with Crippen LogP contribution in [0.3, 0.4) is 0 Å². The molecule has 2 N–H and O–H groups in total. The standard InChI is InChI=1S/C14H21N3O/c1-11-3-5-12(6-4-11)14(18)16-9-13-10-17(2)8-7-15-13/h3-6,13,15H,7-10H2,1-2H3,(H,16,18).